The van der Waals surface area contributed by atoms with Crippen molar-refractivity contribution in [3.63, 3.8) is 0 Å². The number of unbranched alkanes of at least 4 members (excludes halogenated alkanes) is 3. The minimum Gasteiger partial charge on any atom is -0.494 e. The van der Waals surface area contributed by atoms with Gasteiger partial charge in [-0.1, -0.05) is 61.2 Å². The highest BCUT2D eigenvalue weighted by atomic mass is 19.1. The third-order valence-corrected chi connectivity index (χ3v) is 5.78. The van der Waals surface area contributed by atoms with E-state index in [0.717, 1.165) is 61.0 Å². The van der Waals surface area contributed by atoms with Crippen molar-refractivity contribution in [1.82, 2.24) is 0 Å². The van der Waals surface area contributed by atoms with Gasteiger partial charge >= 0.3 is 5.97 Å². The molecule has 0 fully saturated rings. The lowest BCUT2D eigenvalue weighted by molar-refractivity contribution is -0.137. The van der Waals surface area contributed by atoms with Crippen molar-refractivity contribution in [3.05, 3.63) is 103 Å². The Kier molecular flexibility index (Phi) is 10.3. The average Bonchev–Trinajstić information content (AvgIpc) is 2.89. The smallest absolute Gasteiger partial charge is 0.330 e. The molecule has 182 valence electrons. The monoisotopic (exact) mass is 472 g/mol. The van der Waals surface area contributed by atoms with Gasteiger partial charge in [-0.25, -0.2) is 9.18 Å². The molecule has 0 aliphatic heterocycles. The van der Waals surface area contributed by atoms with Gasteiger partial charge in [-0.3, -0.25) is 0 Å². The van der Waals surface area contributed by atoms with E-state index in [0.29, 0.717) is 18.8 Å². The van der Waals surface area contributed by atoms with Gasteiger partial charge in [0.1, 0.15) is 11.6 Å². The van der Waals surface area contributed by atoms with Gasteiger partial charge in [0.2, 0.25) is 0 Å². The van der Waals surface area contributed by atoms with E-state index in [4.69, 9.17) is 9.47 Å². The summed E-state index contributed by atoms with van der Waals surface area (Å²) in [6, 6.07) is 21.2. The minimum absolute atomic E-state index is 0.245. The van der Waals surface area contributed by atoms with Gasteiger partial charge in [-0.05, 0) is 79.0 Å². The second kappa shape index (κ2) is 13.9. The Balaban J connectivity index is 1.47. The summed E-state index contributed by atoms with van der Waals surface area (Å²) in [5.74, 6) is 0.144. The average molecular weight is 473 g/mol. The van der Waals surface area contributed by atoms with E-state index in [9.17, 15) is 9.18 Å². The van der Waals surface area contributed by atoms with Crippen LogP contribution in [0.3, 0.4) is 0 Å². The molecule has 0 aliphatic carbocycles. The van der Waals surface area contributed by atoms with Gasteiger partial charge in [0.05, 0.1) is 13.2 Å². The highest BCUT2D eigenvalue weighted by Gasteiger charge is 2.08. The van der Waals surface area contributed by atoms with Gasteiger partial charge in [0.15, 0.2) is 0 Å². The van der Waals surface area contributed by atoms with Crippen LogP contribution in [0.15, 0.2) is 92.0 Å². The van der Waals surface area contributed by atoms with Crippen LogP contribution in [0, 0.1) is 5.82 Å². The molecule has 35 heavy (non-hydrogen) atoms. The van der Waals surface area contributed by atoms with Crippen LogP contribution < -0.4 is 4.74 Å². The van der Waals surface area contributed by atoms with E-state index in [-0.39, 0.29) is 11.8 Å². The van der Waals surface area contributed by atoms with Gasteiger partial charge in [-0.2, -0.15) is 0 Å². The molecule has 4 heteroatoms. The molecular weight excluding hydrogens is 439 g/mol. The predicted octanol–water partition coefficient (Wildman–Crippen LogP) is 7.95. The Morgan fingerprint density at radius 1 is 0.800 bits per heavy atom. The van der Waals surface area contributed by atoms with Crippen LogP contribution in [-0.4, -0.2) is 19.2 Å². The molecule has 0 radical (unpaired) electrons. The highest BCUT2D eigenvalue weighted by molar-refractivity contribution is 5.81. The molecule has 0 atom stereocenters. The molecule has 0 N–H and O–H groups in total. The Labute approximate surface area is 207 Å². The first-order valence-corrected chi connectivity index (χ1v) is 12.1. The number of benzene rings is 3. The topological polar surface area (TPSA) is 35.5 Å². The van der Waals surface area contributed by atoms with Gasteiger partial charge in [0, 0.05) is 11.6 Å². The fourth-order valence-corrected chi connectivity index (χ4v) is 3.77. The first-order valence-electron chi connectivity index (χ1n) is 12.1. The van der Waals surface area contributed by atoms with Gasteiger partial charge in [-0.15, -0.1) is 6.58 Å². The predicted molar refractivity (Wildman–Crippen MR) is 141 cm³/mol. The summed E-state index contributed by atoms with van der Waals surface area (Å²) < 4.78 is 25.7. The summed E-state index contributed by atoms with van der Waals surface area (Å²) in [7, 11) is 0. The molecule has 0 aliphatic rings. The number of aryl methyl sites for hydroxylation is 1. The van der Waals surface area contributed by atoms with E-state index >= 15 is 0 Å². The molecule has 3 aromatic rings. The largest absolute Gasteiger partial charge is 0.494 e. The molecule has 0 bridgehead atoms. The van der Waals surface area contributed by atoms with Crippen LogP contribution in [0.4, 0.5) is 4.39 Å². The van der Waals surface area contributed by atoms with Gasteiger partial charge < -0.3 is 9.47 Å². The van der Waals surface area contributed by atoms with Crippen molar-refractivity contribution in [2.45, 2.75) is 38.5 Å². The zero-order valence-corrected chi connectivity index (χ0v) is 20.2. The second-order valence-electron chi connectivity index (χ2n) is 8.38. The number of esters is 1. The lowest BCUT2D eigenvalue weighted by Crippen LogP contribution is -2.02. The summed E-state index contributed by atoms with van der Waals surface area (Å²) in [4.78, 5) is 11.0. The van der Waals surface area contributed by atoms with Crippen molar-refractivity contribution in [1.29, 1.82) is 0 Å². The van der Waals surface area contributed by atoms with E-state index in [1.807, 2.05) is 54.6 Å². The molecule has 0 amide bonds. The van der Waals surface area contributed by atoms with Crippen molar-refractivity contribution >= 4 is 5.97 Å². The number of hydrogen-bond donors (Lipinski definition) is 0. The zero-order chi connectivity index (χ0) is 24.9. The number of halogens is 1. The van der Waals surface area contributed by atoms with Crippen LogP contribution in [-0.2, 0) is 16.0 Å². The minimum atomic E-state index is -0.377. The Hall–Kier alpha value is -3.66. The second-order valence-corrected chi connectivity index (χ2v) is 8.38. The van der Waals surface area contributed by atoms with E-state index < -0.39 is 0 Å². The number of carbonyl (C=O) groups is 1. The van der Waals surface area contributed by atoms with Gasteiger partial charge in [0.25, 0.3) is 0 Å². The molecule has 0 aromatic heterocycles. The number of hydrogen-bond acceptors (Lipinski definition) is 3. The van der Waals surface area contributed by atoms with Crippen LogP contribution >= 0.6 is 0 Å². The molecule has 3 aromatic carbocycles. The highest BCUT2D eigenvalue weighted by Crippen LogP contribution is 2.29. The zero-order valence-electron chi connectivity index (χ0n) is 20.2. The lowest BCUT2D eigenvalue weighted by Gasteiger charge is -2.10. The molecule has 0 spiro atoms. The lowest BCUT2D eigenvalue weighted by atomic mass is 9.98. The quantitative estimate of drug-likeness (QED) is 0.103. The van der Waals surface area contributed by atoms with E-state index in [2.05, 4.69) is 25.3 Å². The van der Waals surface area contributed by atoms with E-state index in [1.54, 1.807) is 6.07 Å². The summed E-state index contributed by atoms with van der Waals surface area (Å²) in [6.07, 6.45) is 8.73. The van der Waals surface area contributed by atoms with Crippen molar-refractivity contribution in [2.24, 2.45) is 0 Å². The number of rotatable bonds is 14. The Morgan fingerprint density at radius 3 is 2.11 bits per heavy atom. The van der Waals surface area contributed by atoms with Crippen molar-refractivity contribution in [3.8, 4) is 28.0 Å². The number of carbonyl (C=O) groups excluding carboxylic acids is 1. The molecule has 0 unspecified atom stereocenters. The van der Waals surface area contributed by atoms with Crippen LogP contribution in [0.5, 0.6) is 5.75 Å². The fraction of sp³-hybridized carbons (Fsp3) is 0.258. The standard InChI is InChI=1S/C31H33FO3/c1-3-5-10-24-11-13-25(14-12-24)27-17-20-29(30(32)23-27)26-15-18-28(19-16-26)34-21-8-6-7-9-22-35-31(33)4-2/h3-4,11-20,23H,1-2,5-10,21-22H2. The molecule has 0 saturated carbocycles. The molecule has 3 nitrogen and oxygen atoms in total. The maximum absolute atomic E-state index is 14.9. The third-order valence-electron chi connectivity index (χ3n) is 5.78. The normalized spacial score (nSPS) is 10.5. The first-order chi connectivity index (χ1) is 17.1. The first kappa shape index (κ1) is 26.0. The number of ether oxygens (including phenoxy) is 2. The van der Waals surface area contributed by atoms with Crippen LogP contribution in [0.25, 0.3) is 22.3 Å². The molecule has 0 heterocycles. The summed E-state index contributed by atoms with van der Waals surface area (Å²) in [5, 5.41) is 0. The molecule has 0 saturated heterocycles. The Bertz CT molecular complexity index is 1100. The summed E-state index contributed by atoms with van der Waals surface area (Å²) >= 11 is 0. The summed E-state index contributed by atoms with van der Waals surface area (Å²) in [5.41, 5.74) is 4.49. The Morgan fingerprint density at radius 2 is 1.46 bits per heavy atom. The van der Waals surface area contributed by atoms with Crippen LogP contribution in [0.2, 0.25) is 0 Å². The number of allylic oxidation sites excluding steroid dienone is 1. The van der Waals surface area contributed by atoms with Crippen LogP contribution in [0.1, 0.15) is 37.7 Å². The third kappa shape index (κ3) is 8.25. The maximum atomic E-state index is 14.9. The summed E-state index contributed by atoms with van der Waals surface area (Å²) in [6.45, 7) is 8.16. The van der Waals surface area contributed by atoms with Crippen molar-refractivity contribution < 1.29 is 18.7 Å². The fourth-order valence-electron chi connectivity index (χ4n) is 3.77. The molecular formula is C31H33FO3. The SMILES string of the molecule is C=CCCc1ccc(-c2ccc(-c3ccc(OCCCCCCOC(=O)C=C)cc3)c(F)c2)cc1. The maximum Gasteiger partial charge on any atom is 0.330 e. The molecule has 3 rings (SSSR count). The van der Waals surface area contributed by atoms with E-state index in [1.165, 1.54) is 11.6 Å². The van der Waals surface area contributed by atoms with Crippen molar-refractivity contribution in [2.75, 3.05) is 13.2 Å².